The van der Waals surface area contributed by atoms with Crippen molar-refractivity contribution in [1.29, 1.82) is 5.26 Å². The van der Waals surface area contributed by atoms with Gasteiger partial charge in [-0.3, -0.25) is 0 Å². The van der Waals surface area contributed by atoms with Gasteiger partial charge in [-0.2, -0.15) is 23.4 Å². The Balaban J connectivity index is 2.19. The van der Waals surface area contributed by atoms with E-state index in [0.717, 1.165) is 6.20 Å². The summed E-state index contributed by atoms with van der Waals surface area (Å²) in [5.74, 6) is -0.233. The van der Waals surface area contributed by atoms with Gasteiger partial charge in [0, 0.05) is 18.4 Å². The quantitative estimate of drug-likeness (QED) is 0.665. The fraction of sp³-hybridized carbons (Fsp3) is 0.312. The molecule has 0 fully saturated rings. The highest BCUT2D eigenvalue weighted by Gasteiger charge is 2.35. The predicted molar refractivity (Wildman–Crippen MR) is 88.5 cm³/mol. The summed E-state index contributed by atoms with van der Waals surface area (Å²) < 4.78 is 39.2. The van der Waals surface area contributed by atoms with Crippen molar-refractivity contribution in [2.75, 3.05) is 30.8 Å². The molecule has 0 unspecified atom stereocenters. The molecule has 2 aromatic rings. The molecule has 1 aromatic carbocycles. The van der Waals surface area contributed by atoms with Crippen LogP contribution in [-0.2, 0) is 6.18 Å². The molecule has 0 bridgehead atoms. The van der Waals surface area contributed by atoms with Crippen molar-refractivity contribution in [3.05, 3.63) is 41.6 Å². The molecule has 0 aliphatic rings. The number of alkyl halides is 3. The van der Waals surface area contributed by atoms with E-state index in [0.29, 0.717) is 30.8 Å². The van der Waals surface area contributed by atoms with Crippen LogP contribution in [0, 0.1) is 11.3 Å². The topological polar surface area (TPSA) is 85.7 Å². The minimum absolute atomic E-state index is 0.0359. The van der Waals surface area contributed by atoms with Gasteiger partial charge in [-0.15, -0.1) is 0 Å². The molecule has 9 heteroatoms. The van der Waals surface area contributed by atoms with Crippen LogP contribution < -0.4 is 16.0 Å². The maximum atomic E-state index is 13.1. The zero-order chi connectivity index (χ0) is 18.3. The first-order chi connectivity index (χ1) is 11.9. The van der Waals surface area contributed by atoms with Crippen LogP contribution in [0.25, 0.3) is 0 Å². The Morgan fingerprint density at radius 2 is 1.88 bits per heavy atom. The van der Waals surface area contributed by atoms with E-state index >= 15 is 0 Å². The molecule has 0 aliphatic carbocycles. The molecule has 3 N–H and O–H groups in total. The molecule has 0 atom stereocenters. The maximum absolute atomic E-state index is 13.1. The van der Waals surface area contributed by atoms with Crippen molar-refractivity contribution in [3.8, 4) is 6.07 Å². The van der Waals surface area contributed by atoms with Gasteiger partial charge in [0.2, 0.25) is 5.95 Å². The Morgan fingerprint density at radius 1 is 1.16 bits per heavy atom. The van der Waals surface area contributed by atoms with Gasteiger partial charge < -0.3 is 16.0 Å². The summed E-state index contributed by atoms with van der Waals surface area (Å²) >= 11 is 0. The van der Waals surface area contributed by atoms with Crippen molar-refractivity contribution >= 4 is 17.5 Å². The van der Waals surface area contributed by atoms with Crippen molar-refractivity contribution < 1.29 is 13.2 Å². The largest absolute Gasteiger partial charge is 0.421 e. The van der Waals surface area contributed by atoms with Gasteiger partial charge >= 0.3 is 6.18 Å². The summed E-state index contributed by atoms with van der Waals surface area (Å²) in [5, 5.41) is 17.2. The molecule has 2 rings (SSSR count). The zero-order valence-corrected chi connectivity index (χ0v) is 13.5. The Morgan fingerprint density at radius 3 is 2.48 bits per heavy atom. The van der Waals surface area contributed by atoms with Crippen LogP contribution in [-0.4, -0.2) is 30.1 Å². The minimum atomic E-state index is -4.54. The summed E-state index contributed by atoms with van der Waals surface area (Å²) in [7, 11) is 1.77. The van der Waals surface area contributed by atoms with Crippen molar-refractivity contribution in [1.82, 2.24) is 15.3 Å². The third-order valence-electron chi connectivity index (χ3n) is 3.26. The minimum Gasteiger partial charge on any atom is -0.369 e. The van der Waals surface area contributed by atoms with Crippen LogP contribution in [0.15, 0.2) is 30.5 Å². The van der Waals surface area contributed by atoms with Gasteiger partial charge in [-0.05, 0) is 44.3 Å². The molecule has 0 saturated heterocycles. The Bertz CT molecular complexity index is 737. The number of hydrogen-bond acceptors (Lipinski definition) is 6. The molecule has 25 heavy (non-hydrogen) atoms. The van der Waals surface area contributed by atoms with Crippen molar-refractivity contribution in [2.24, 2.45) is 0 Å². The first-order valence-corrected chi connectivity index (χ1v) is 7.54. The number of rotatable bonds is 7. The van der Waals surface area contributed by atoms with Crippen LogP contribution in [0.4, 0.5) is 30.6 Å². The summed E-state index contributed by atoms with van der Waals surface area (Å²) in [6.45, 7) is 1.02. The molecule has 0 aliphatic heterocycles. The van der Waals surface area contributed by atoms with Crippen LogP contribution in [0.3, 0.4) is 0 Å². The van der Waals surface area contributed by atoms with Crippen molar-refractivity contribution in [3.63, 3.8) is 0 Å². The predicted octanol–water partition coefficient (Wildman–Crippen LogP) is 3.13. The molecule has 0 radical (unpaired) electrons. The highest BCUT2D eigenvalue weighted by molar-refractivity contribution is 5.57. The summed E-state index contributed by atoms with van der Waals surface area (Å²) in [6.07, 6.45) is -3.14. The van der Waals surface area contributed by atoms with Crippen molar-refractivity contribution in [2.45, 2.75) is 12.6 Å². The lowest BCUT2D eigenvalue weighted by atomic mass is 10.2. The molecule has 1 aromatic heterocycles. The molecule has 6 nitrogen and oxygen atoms in total. The first-order valence-electron chi connectivity index (χ1n) is 7.54. The van der Waals surface area contributed by atoms with Crippen LogP contribution >= 0.6 is 0 Å². The van der Waals surface area contributed by atoms with Crippen LogP contribution in [0.1, 0.15) is 17.5 Å². The Hall–Kier alpha value is -2.86. The molecular formula is C16H17F3N6. The van der Waals surface area contributed by atoms with E-state index in [1.807, 2.05) is 6.07 Å². The normalized spacial score (nSPS) is 11.0. The SMILES string of the molecule is CNCCCNc1nc(Nc2ccc(C#N)cc2)ncc1C(F)(F)F. The third kappa shape index (κ3) is 5.32. The van der Waals surface area contributed by atoms with E-state index < -0.39 is 11.7 Å². The van der Waals surface area contributed by atoms with E-state index in [4.69, 9.17) is 5.26 Å². The van der Waals surface area contributed by atoms with E-state index in [9.17, 15) is 13.2 Å². The Kier molecular flexibility index (Phi) is 6.14. The zero-order valence-electron chi connectivity index (χ0n) is 13.5. The highest BCUT2D eigenvalue weighted by Crippen LogP contribution is 2.34. The van der Waals surface area contributed by atoms with Gasteiger partial charge in [0.05, 0.1) is 11.6 Å². The fourth-order valence-corrected chi connectivity index (χ4v) is 2.01. The van der Waals surface area contributed by atoms with E-state index in [1.54, 1.807) is 31.3 Å². The standard InChI is InChI=1S/C16H17F3N6/c1-21-7-2-8-22-14-13(16(17,18)19)10-23-15(25-14)24-12-5-3-11(9-20)4-6-12/h3-6,10,21H,2,7-8H2,1H3,(H2,22,23,24,25). The third-order valence-corrected chi connectivity index (χ3v) is 3.26. The number of aromatic nitrogens is 2. The molecule has 132 valence electrons. The van der Waals surface area contributed by atoms with Gasteiger partial charge in [0.1, 0.15) is 11.4 Å². The number of benzene rings is 1. The number of halogens is 3. The second-order valence-electron chi connectivity index (χ2n) is 5.15. The smallest absolute Gasteiger partial charge is 0.369 e. The fourth-order valence-electron chi connectivity index (χ4n) is 2.01. The van der Waals surface area contributed by atoms with Crippen LogP contribution in [0.2, 0.25) is 0 Å². The van der Waals surface area contributed by atoms with Crippen LogP contribution in [0.5, 0.6) is 0 Å². The maximum Gasteiger partial charge on any atom is 0.421 e. The number of nitrogens with zero attached hydrogens (tertiary/aromatic N) is 3. The molecule has 0 saturated carbocycles. The lowest BCUT2D eigenvalue weighted by molar-refractivity contribution is -0.137. The van der Waals surface area contributed by atoms with E-state index in [-0.39, 0.29) is 11.8 Å². The molecule has 0 amide bonds. The number of anilines is 3. The molecule has 0 spiro atoms. The average molecular weight is 350 g/mol. The van der Waals surface area contributed by atoms with Gasteiger partial charge in [-0.25, -0.2) is 4.98 Å². The Labute approximate surface area is 143 Å². The summed E-state index contributed by atoms with van der Waals surface area (Å²) in [6, 6.07) is 8.41. The lowest BCUT2D eigenvalue weighted by Crippen LogP contribution is -2.17. The van der Waals surface area contributed by atoms with Gasteiger partial charge in [-0.1, -0.05) is 0 Å². The lowest BCUT2D eigenvalue weighted by Gasteiger charge is -2.14. The second kappa shape index (κ2) is 8.30. The van der Waals surface area contributed by atoms with E-state index in [2.05, 4.69) is 25.9 Å². The number of nitriles is 1. The summed E-state index contributed by atoms with van der Waals surface area (Å²) in [4.78, 5) is 7.66. The highest BCUT2D eigenvalue weighted by atomic mass is 19.4. The molecule has 1 heterocycles. The van der Waals surface area contributed by atoms with Gasteiger partial charge in [0.15, 0.2) is 0 Å². The average Bonchev–Trinajstić information content (AvgIpc) is 2.58. The number of hydrogen-bond donors (Lipinski definition) is 3. The summed E-state index contributed by atoms with van der Waals surface area (Å²) in [5.41, 5.74) is 0.132. The monoisotopic (exact) mass is 350 g/mol. The number of nitrogens with one attached hydrogen (secondary N) is 3. The molecular weight excluding hydrogens is 333 g/mol. The van der Waals surface area contributed by atoms with E-state index in [1.165, 1.54) is 0 Å². The first kappa shape index (κ1) is 18.5. The van der Waals surface area contributed by atoms with Gasteiger partial charge in [0.25, 0.3) is 0 Å². The second-order valence-corrected chi connectivity index (χ2v) is 5.15.